The fraction of sp³-hybridized carbons (Fsp3) is 1.00. The zero-order chi connectivity index (χ0) is 7.71. The summed E-state index contributed by atoms with van der Waals surface area (Å²) in [5.74, 6) is 0. The lowest BCUT2D eigenvalue weighted by molar-refractivity contribution is 0.615. The maximum Gasteiger partial charge on any atom is 0.198 e. The normalized spacial score (nSPS) is 21.2. The van der Waals surface area contributed by atoms with Crippen LogP contribution in [0.15, 0.2) is 0 Å². The second-order valence-electron chi connectivity index (χ2n) is 0.787. The van der Waals surface area contributed by atoms with Gasteiger partial charge in [0.25, 0.3) is 0 Å². The van der Waals surface area contributed by atoms with E-state index in [1.165, 1.54) is 0 Å². The molecule has 4 heteroatoms. The Hall–Kier alpha value is 0.300. The molecular weight excluding hydrogens is 120 g/mol. The van der Waals surface area contributed by atoms with Crippen LogP contribution in [0, 0.1) is 0 Å². The van der Waals surface area contributed by atoms with E-state index < -0.39 is 15.1 Å². The highest BCUT2D eigenvalue weighted by Crippen LogP contribution is 2.00. The minimum atomic E-state index is -3.43. The Kier molecular flexibility index (Phi) is 0.787. The fourth-order valence-corrected chi connectivity index (χ4v) is 0. The number of hydrogen-bond donors (Lipinski definition) is 0. The van der Waals surface area contributed by atoms with E-state index in [-0.39, 0.29) is 10.8 Å². The van der Waals surface area contributed by atoms with Crippen LogP contribution in [-0.4, -0.2) is 20.9 Å². The predicted molar refractivity (Wildman–Crippen MR) is 28.4 cm³/mol. The van der Waals surface area contributed by atoms with E-state index in [4.69, 9.17) is 4.11 Å². The van der Waals surface area contributed by atoms with Crippen LogP contribution in [0.1, 0.15) is 4.11 Å². The van der Waals surface area contributed by atoms with Crippen LogP contribution in [0.2, 0.25) is 0 Å². The Morgan fingerprint density at radius 1 is 1.83 bits per heavy atom. The molecule has 0 spiro atoms. The van der Waals surface area contributed by atoms with E-state index in [1.807, 2.05) is 0 Å². The van der Waals surface area contributed by atoms with Gasteiger partial charge in [-0.3, -0.25) is 0 Å². The fourth-order valence-electron chi connectivity index (χ4n) is 0. The van der Waals surface area contributed by atoms with Crippen LogP contribution in [0.25, 0.3) is 0 Å². The number of rotatable bonds is 1. The van der Waals surface area contributed by atoms with E-state index >= 15 is 0 Å². The Morgan fingerprint density at radius 2 is 2.33 bits per heavy atom. The lowest BCUT2D eigenvalue weighted by Gasteiger charge is -1.80. The van der Waals surface area contributed by atoms with Crippen molar-refractivity contribution < 1.29 is 12.5 Å². The molecule has 0 heterocycles. The van der Waals surface area contributed by atoms with Gasteiger partial charge in [0.2, 0.25) is 0 Å². The summed E-state index contributed by atoms with van der Waals surface area (Å²) in [5.41, 5.74) is 0. The van der Waals surface area contributed by atoms with Gasteiger partial charge in [0.05, 0.1) is 0 Å². The largest absolute Gasteiger partial charge is 0.218 e. The second kappa shape index (κ2) is 1.84. The van der Waals surface area contributed by atoms with Gasteiger partial charge in [-0.15, -0.1) is 0 Å². The maximum atomic E-state index is 10.2. The van der Waals surface area contributed by atoms with Crippen molar-refractivity contribution in [2.24, 2.45) is 0 Å². The molecule has 0 unspecified atom stereocenters. The van der Waals surface area contributed by atoms with Crippen molar-refractivity contribution in [1.82, 2.24) is 0 Å². The molecule has 38 valence electrons. The van der Waals surface area contributed by atoms with Gasteiger partial charge in [0.15, 0.2) is 8.87 Å². The first kappa shape index (κ1) is 2.57. The third kappa shape index (κ3) is 4.30. The first-order valence-electron chi connectivity index (χ1n) is 2.61. The molecule has 0 N–H and O–H groups in total. The first-order chi connectivity index (χ1) is 3.71. The SMILES string of the molecule is [2H]C([2H])([2H])SS(C)(=O)=O. The van der Waals surface area contributed by atoms with E-state index in [1.54, 1.807) is 0 Å². The molecule has 0 amide bonds. The highest BCUT2D eigenvalue weighted by atomic mass is 33.1. The molecule has 0 saturated heterocycles. The third-order valence-electron chi connectivity index (χ3n) is 0.151. The van der Waals surface area contributed by atoms with Crippen LogP contribution in [0.5, 0.6) is 0 Å². The lowest BCUT2D eigenvalue weighted by atomic mass is 12.0. The van der Waals surface area contributed by atoms with Gasteiger partial charge >= 0.3 is 0 Å². The molecule has 0 aromatic heterocycles. The van der Waals surface area contributed by atoms with Crippen LogP contribution in [0.3, 0.4) is 0 Å². The van der Waals surface area contributed by atoms with E-state index in [2.05, 4.69) is 0 Å². The van der Waals surface area contributed by atoms with Crippen molar-refractivity contribution in [3.8, 4) is 0 Å². The summed E-state index contributed by atoms with van der Waals surface area (Å²) in [6, 6.07) is 0. The lowest BCUT2D eigenvalue weighted by Crippen LogP contribution is -1.83. The molecule has 0 aliphatic carbocycles. The highest BCUT2D eigenvalue weighted by molar-refractivity contribution is 8.71. The average Bonchev–Trinajstić information content (AvgIpc) is 1.14. The first-order valence-corrected chi connectivity index (χ1v) is 4.34. The van der Waals surface area contributed by atoms with Gasteiger partial charge < -0.3 is 0 Å². The Balaban J connectivity index is 4.07. The van der Waals surface area contributed by atoms with Crippen LogP contribution >= 0.6 is 10.8 Å². The molecule has 0 bridgehead atoms. The molecule has 0 atom stereocenters. The van der Waals surface area contributed by atoms with Crippen LogP contribution < -0.4 is 0 Å². The van der Waals surface area contributed by atoms with Gasteiger partial charge in [0, 0.05) is 10.4 Å². The minimum Gasteiger partial charge on any atom is -0.218 e. The van der Waals surface area contributed by atoms with Gasteiger partial charge in [-0.2, -0.15) is 0 Å². The number of hydrogen-bond acceptors (Lipinski definition) is 3. The van der Waals surface area contributed by atoms with E-state index in [9.17, 15) is 8.42 Å². The smallest absolute Gasteiger partial charge is 0.198 e. The summed E-state index contributed by atoms with van der Waals surface area (Å²) < 4.78 is 40.0. The Bertz CT molecular complexity index is 178. The molecule has 6 heavy (non-hydrogen) atoms. The van der Waals surface area contributed by atoms with Crippen molar-refractivity contribution in [3.63, 3.8) is 0 Å². The molecule has 0 aromatic carbocycles. The zero-order valence-electron chi connectivity index (χ0n) is 6.13. The molecule has 0 fully saturated rings. The van der Waals surface area contributed by atoms with Gasteiger partial charge in [-0.1, -0.05) is 0 Å². The monoisotopic (exact) mass is 129 g/mol. The molecule has 0 saturated carbocycles. The standard InChI is InChI=1S/C2H6O2S2/c1-5-6(2,3)4/h1-2H3/i1D3. The molecule has 0 aliphatic rings. The van der Waals surface area contributed by atoms with E-state index in [0.717, 1.165) is 6.26 Å². The third-order valence-corrected chi connectivity index (χ3v) is 1.36. The maximum absolute atomic E-state index is 10.2. The summed E-state index contributed by atoms with van der Waals surface area (Å²) in [7, 11) is -3.44. The summed E-state index contributed by atoms with van der Waals surface area (Å²) in [6.45, 7) is 0. The molecular formula is C2H6O2S2. The Morgan fingerprint density at radius 3 is 2.33 bits per heavy atom. The molecule has 0 rings (SSSR count). The van der Waals surface area contributed by atoms with E-state index in [0.29, 0.717) is 0 Å². The Labute approximate surface area is 45.5 Å². The summed E-state index contributed by atoms with van der Waals surface area (Å²) in [4.78, 5) is 0. The molecule has 0 aliphatic heterocycles. The minimum absolute atomic E-state index is 0.0139. The van der Waals surface area contributed by atoms with Crippen LogP contribution in [0.4, 0.5) is 0 Å². The quantitative estimate of drug-likeness (QED) is 0.478. The molecule has 0 radical (unpaired) electrons. The van der Waals surface area contributed by atoms with Crippen molar-refractivity contribution in [3.05, 3.63) is 0 Å². The van der Waals surface area contributed by atoms with Crippen molar-refractivity contribution in [1.29, 1.82) is 0 Å². The zero-order valence-corrected chi connectivity index (χ0v) is 4.77. The van der Waals surface area contributed by atoms with Crippen LogP contribution in [-0.2, 0) is 8.87 Å². The van der Waals surface area contributed by atoms with Gasteiger partial charge in [-0.25, -0.2) is 8.42 Å². The molecule has 0 aromatic rings. The van der Waals surface area contributed by atoms with Crippen molar-refractivity contribution in [2.75, 3.05) is 12.4 Å². The van der Waals surface area contributed by atoms with Crippen molar-refractivity contribution >= 4 is 19.7 Å². The summed E-state index contributed by atoms with van der Waals surface area (Å²) in [5, 5.41) is 0. The predicted octanol–water partition coefficient (Wildman–Crippen LogP) is 0.309. The summed E-state index contributed by atoms with van der Waals surface area (Å²) in [6.07, 6.45) is -1.57. The topological polar surface area (TPSA) is 34.1 Å². The average molecular weight is 129 g/mol. The second-order valence-corrected chi connectivity index (χ2v) is 4.68. The highest BCUT2D eigenvalue weighted by Gasteiger charge is 1.91. The van der Waals surface area contributed by atoms with Gasteiger partial charge in [-0.05, 0) is 17.0 Å². The van der Waals surface area contributed by atoms with Crippen molar-refractivity contribution in [2.45, 2.75) is 0 Å². The molecule has 2 nitrogen and oxygen atoms in total. The van der Waals surface area contributed by atoms with Gasteiger partial charge in [0.1, 0.15) is 0 Å². The summed E-state index contributed by atoms with van der Waals surface area (Å²) >= 11 is 0.